The Morgan fingerprint density at radius 3 is 2.19 bits per heavy atom. The second-order valence-corrected chi connectivity index (χ2v) is 8.61. The van der Waals surface area contributed by atoms with Gasteiger partial charge in [0.1, 0.15) is 0 Å². The summed E-state index contributed by atoms with van der Waals surface area (Å²) in [6.45, 7) is 2.74. The zero-order valence-electron chi connectivity index (χ0n) is 19.3. The minimum Gasteiger partial charge on any atom is -0.336 e. The van der Waals surface area contributed by atoms with Crippen molar-refractivity contribution in [3.05, 3.63) is 95.8 Å². The number of carbonyl (C=O) groups is 1. The average molecular weight is 493 g/mol. The summed E-state index contributed by atoms with van der Waals surface area (Å²) in [5.41, 5.74) is 2.25. The van der Waals surface area contributed by atoms with E-state index in [1.165, 1.54) is 12.1 Å². The van der Waals surface area contributed by atoms with Gasteiger partial charge in [0.2, 0.25) is 0 Å². The molecule has 2 heterocycles. The van der Waals surface area contributed by atoms with E-state index in [4.69, 9.17) is 4.52 Å². The normalized spacial score (nSPS) is 14.7. The lowest BCUT2D eigenvalue weighted by Gasteiger charge is -2.34. The Hall–Kier alpha value is -3.98. The SMILES string of the molecule is O=C(c1ccc(-c2ccccc2)cc1)N1CCN(Cc2noc(-c3cccc(C(F)(F)F)c3)n2)CC1. The van der Waals surface area contributed by atoms with Crippen LogP contribution in [-0.4, -0.2) is 52.0 Å². The first-order chi connectivity index (χ1) is 17.4. The van der Waals surface area contributed by atoms with E-state index in [0.717, 1.165) is 23.3 Å². The van der Waals surface area contributed by atoms with Crippen LogP contribution < -0.4 is 0 Å². The van der Waals surface area contributed by atoms with Gasteiger partial charge < -0.3 is 9.42 Å². The van der Waals surface area contributed by atoms with Crippen molar-refractivity contribution >= 4 is 5.91 Å². The molecule has 6 nitrogen and oxygen atoms in total. The molecule has 184 valence electrons. The molecule has 0 bridgehead atoms. The third kappa shape index (κ3) is 5.31. The van der Waals surface area contributed by atoms with Gasteiger partial charge in [0.05, 0.1) is 12.1 Å². The standard InChI is InChI=1S/C27H23F3N4O2/c28-27(29,30)23-8-4-7-22(17-23)25-31-24(32-36-25)18-33-13-15-34(16-14-33)26(35)21-11-9-20(10-12-21)19-5-2-1-3-6-19/h1-12,17H,13-16,18H2. The molecular weight excluding hydrogens is 469 g/mol. The van der Waals surface area contributed by atoms with Gasteiger partial charge in [0.25, 0.3) is 11.8 Å². The summed E-state index contributed by atoms with van der Waals surface area (Å²) in [7, 11) is 0. The predicted molar refractivity (Wildman–Crippen MR) is 128 cm³/mol. The van der Waals surface area contributed by atoms with Crippen LogP contribution in [0.4, 0.5) is 13.2 Å². The van der Waals surface area contributed by atoms with Crippen LogP contribution in [0.15, 0.2) is 83.4 Å². The molecule has 1 aromatic heterocycles. The maximum atomic E-state index is 13.0. The summed E-state index contributed by atoms with van der Waals surface area (Å²) < 4.78 is 44.1. The minimum absolute atomic E-state index is 0.0133. The molecular formula is C27H23F3N4O2. The number of amides is 1. The van der Waals surface area contributed by atoms with Gasteiger partial charge >= 0.3 is 6.18 Å². The average Bonchev–Trinajstić information content (AvgIpc) is 3.37. The first kappa shape index (κ1) is 23.7. The minimum atomic E-state index is -4.44. The van der Waals surface area contributed by atoms with Gasteiger partial charge in [-0.1, -0.05) is 53.7 Å². The summed E-state index contributed by atoms with van der Waals surface area (Å²) in [5.74, 6) is 0.420. The molecule has 9 heteroatoms. The van der Waals surface area contributed by atoms with Crippen molar-refractivity contribution in [3.63, 3.8) is 0 Å². The van der Waals surface area contributed by atoms with Gasteiger partial charge in [0.15, 0.2) is 5.82 Å². The topological polar surface area (TPSA) is 62.5 Å². The summed E-state index contributed by atoms with van der Waals surface area (Å²) >= 11 is 0. The Morgan fingerprint density at radius 1 is 0.833 bits per heavy atom. The number of carbonyl (C=O) groups excluding carboxylic acids is 1. The highest BCUT2D eigenvalue weighted by Gasteiger charge is 2.31. The molecule has 5 rings (SSSR count). The maximum Gasteiger partial charge on any atom is 0.416 e. The Labute approximate surface area is 206 Å². The van der Waals surface area contributed by atoms with Crippen LogP contribution in [-0.2, 0) is 12.7 Å². The monoisotopic (exact) mass is 492 g/mol. The highest BCUT2D eigenvalue weighted by Crippen LogP contribution is 2.31. The van der Waals surface area contributed by atoms with Gasteiger partial charge in [-0.05, 0) is 41.5 Å². The summed E-state index contributed by atoms with van der Waals surface area (Å²) in [5, 5.41) is 3.92. The Kier molecular flexibility index (Phi) is 6.56. The Morgan fingerprint density at radius 2 is 1.50 bits per heavy atom. The molecule has 0 N–H and O–H groups in total. The van der Waals surface area contributed by atoms with E-state index in [1.807, 2.05) is 59.5 Å². The van der Waals surface area contributed by atoms with Crippen molar-refractivity contribution in [2.45, 2.75) is 12.7 Å². The zero-order valence-corrected chi connectivity index (χ0v) is 19.3. The fourth-order valence-corrected chi connectivity index (χ4v) is 4.19. The molecule has 1 fully saturated rings. The number of aromatic nitrogens is 2. The van der Waals surface area contributed by atoms with Crippen LogP contribution in [0.2, 0.25) is 0 Å². The second kappa shape index (κ2) is 9.94. The number of piperazine rings is 1. The van der Waals surface area contributed by atoms with Crippen LogP contribution in [0.25, 0.3) is 22.6 Å². The molecule has 0 aliphatic carbocycles. The third-order valence-electron chi connectivity index (χ3n) is 6.17. The molecule has 0 radical (unpaired) electrons. The fourth-order valence-electron chi connectivity index (χ4n) is 4.19. The summed E-state index contributed by atoms with van der Waals surface area (Å²) in [6, 6.07) is 22.4. The molecule has 0 atom stereocenters. The van der Waals surface area contributed by atoms with Gasteiger partial charge in [-0.2, -0.15) is 18.2 Å². The number of hydrogen-bond donors (Lipinski definition) is 0. The number of rotatable bonds is 5. The summed E-state index contributed by atoms with van der Waals surface area (Å²) in [4.78, 5) is 21.1. The highest BCUT2D eigenvalue weighted by molar-refractivity contribution is 5.94. The zero-order chi connectivity index (χ0) is 25.1. The fraction of sp³-hybridized carbons (Fsp3) is 0.222. The van der Waals surface area contributed by atoms with E-state index in [1.54, 1.807) is 0 Å². The lowest BCUT2D eigenvalue weighted by atomic mass is 10.0. The molecule has 3 aromatic carbocycles. The Bertz CT molecular complexity index is 1330. The van der Waals surface area contributed by atoms with E-state index in [-0.39, 0.29) is 17.4 Å². The third-order valence-corrected chi connectivity index (χ3v) is 6.17. The van der Waals surface area contributed by atoms with Crippen molar-refractivity contribution < 1.29 is 22.5 Å². The van der Waals surface area contributed by atoms with E-state index >= 15 is 0 Å². The van der Waals surface area contributed by atoms with Gasteiger partial charge in [-0.3, -0.25) is 9.69 Å². The first-order valence-electron chi connectivity index (χ1n) is 11.5. The number of halogens is 3. The smallest absolute Gasteiger partial charge is 0.336 e. The number of nitrogens with zero attached hydrogens (tertiary/aromatic N) is 4. The molecule has 1 saturated heterocycles. The van der Waals surface area contributed by atoms with Gasteiger partial charge in [0, 0.05) is 37.3 Å². The van der Waals surface area contributed by atoms with Crippen molar-refractivity contribution in [3.8, 4) is 22.6 Å². The van der Waals surface area contributed by atoms with E-state index < -0.39 is 11.7 Å². The van der Waals surface area contributed by atoms with E-state index in [2.05, 4.69) is 15.0 Å². The van der Waals surface area contributed by atoms with Crippen LogP contribution in [0.1, 0.15) is 21.7 Å². The quantitative estimate of drug-likeness (QED) is 0.374. The van der Waals surface area contributed by atoms with E-state index in [9.17, 15) is 18.0 Å². The van der Waals surface area contributed by atoms with Crippen molar-refractivity contribution in [1.82, 2.24) is 19.9 Å². The lowest BCUT2D eigenvalue weighted by Crippen LogP contribution is -2.48. The molecule has 36 heavy (non-hydrogen) atoms. The molecule has 0 spiro atoms. The van der Waals surface area contributed by atoms with Gasteiger partial charge in [-0.15, -0.1) is 0 Å². The van der Waals surface area contributed by atoms with Gasteiger partial charge in [-0.25, -0.2) is 0 Å². The second-order valence-electron chi connectivity index (χ2n) is 8.61. The van der Waals surface area contributed by atoms with Crippen LogP contribution in [0.5, 0.6) is 0 Å². The van der Waals surface area contributed by atoms with Crippen LogP contribution >= 0.6 is 0 Å². The van der Waals surface area contributed by atoms with Crippen LogP contribution in [0, 0.1) is 0 Å². The first-order valence-corrected chi connectivity index (χ1v) is 11.5. The van der Waals surface area contributed by atoms with Crippen molar-refractivity contribution in [2.75, 3.05) is 26.2 Å². The predicted octanol–water partition coefficient (Wildman–Crippen LogP) is 5.38. The Balaban J connectivity index is 1.16. The number of alkyl halides is 3. The molecule has 0 saturated carbocycles. The molecule has 1 aliphatic heterocycles. The van der Waals surface area contributed by atoms with Crippen LogP contribution in [0.3, 0.4) is 0 Å². The lowest BCUT2D eigenvalue weighted by molar-refractivity contribution is -0.137. The summed E-state index contributed by atoms with van der Waals surface area (Å²) in [6.07, 6.45) is -4.44. The number of benzene rings is 3. The van der Waals surface area contributed by atoms with E-state index in [0.29, 0.717) is 44.1 Å². The van der Waals surface area contributed by atoms with Crippen molar-refractivity contribution in [1.29, 1.82) is 0 Å². The highest BCUT2D eigenvalue weighted by atomic mass is 19.4. The van der Waals surface area contributed by atoms with Crippen molar-refractivity contribution in [2.24, 2.45) is 0 Å². The largest absolute Gasteiger partial charge is 0.416 e. The molecule has 0 unspecified atom stereocenters. The number of hydrogen-bond acceptors (Lipinski definition) is 5. The molecule has 1 aliphatic rings. The molecule has 1 amide bonds. The molecule has 4 aromatic rings. The maximum absolute atomic E-state index is 13.0.